The maximum Gasteiger partial charge on any atom is 0.396 e. The van der Waals surface area contributed by atoms with E-state index in [2.05, 4.69) is 0 Å². The summed E-state index contributed by atoms with van der Waals surface area (Å²) >= 11 is 0.851. The Kier molecular flexibility index (Phi) is 5.28. The lowest BCUT2D eigenvalue weighted by Crippen LogP contribution is -2.37. The second-order valence-electron chi connectivity index (χ2n) is 7.24. The third-order valence-electron chi connectivity index (χ3n) is 4.96. The molecule has 0 N–H and O–H groups in total. The molecule has 0 aliphatic carbocycles. The predicted octanol–water partition coefficient (Wildman–Crippen LogP) is 4.82. The van der Waals surface area contributed by atoms with E-state index in [9.17, 15) is 18.0 Å². The van der Waals surface area contributed by atoms with Crippen molar-refractivity contribution in [2.75, 3.05) is 4.31 Å². The molecule has 4 rings (SSSR count). The van der Waals surface area contributed by atoms with Gasteiger partial charge in [0.15, 0.2) is 0 Å². The Morgan fingerprint density at radius 1 is 0.935 bits per heavy atom. The second-order valence-corrected chi connectivity index (χ2v) is 9.98. The molecule has 3 aromatic carbocycles. The number of amides is 1. The molecule has 8 heteroatoms. The molecule has 6 nitrogen and oxygen atoms in total. The lowest BCUT2D eigenvalue weighted by Gasteiger charge is -2.24. The van der Waals surface area contributed by atoms with Gasteiger partial charge in [-0.15, -0.1) is 0 Å². The largest absolute Gasteiger partial charge is 0.414 e. The highest BCUT2D eigenvalue weighted by Crippen LogP contribution is 2.31. The molecule has 0 unspecified atom stereocenters. The Morgan fingerprint density at radius 3 is 2.39 bits per heavy atom. The van der Waals surface area contributed by atoms with Crippen LogP contribution in [0.5, 0.6) is 0 Å². The number of carbonyl (C=O) groups is 1. The van der Waals surface area contributed by atoms with Gasteiger partial charge >= 0.3 is 4.94 Å². The van der Waals surface area contributed by atoms with Crippen LogP contribution in [0.2, 0.25) is 0 Å². The number of fused-ring (bicyclic) bond motifs is 1. The monoisotopic (exact) mass is 453 g/mol. The average molecular weight is 454 g/mol. The van der Waals surface area contributed by atoms with Crippen LogP contribution in [-0.4, -0.2) is 14.3 Å². The van der Waals surface area contributed by atoms with Gasteiger partial charge in [-0.3, -0.25) is 4.79 Å². The topological polar surface area (TPSA) is 84.7 Å². The van der Waals surface area contributed by atoms with E-state index in [1.54, 1.807) is 50.2 Å². The molecule has 0 spiro atoms. The van der Waals surface area contributed by atoms with Crippen molar-refractivity contribution in [2.45, 2.75) is 25.7 Å². The highest BCUT2D eigenvalue weighted by molar-refractivity contribution is 7.93. The summed E-state index contributed by atoms with van der Waals surface area (Å²) in [6, 6.07) is 16.2. The number of aryl methyl sites for hydroxylation is 3. The number of nitrogens with zero attached hydrogens (tertiary/aromatic N) is 1. The van der Waals surface area contributed by atoms with Crippen LogP contribution in [0.15, 0.2) is 74.8 Å². The van der Waals surface area contributed by atoms with Crippen LogP contribution in [0.4, 0.5) is 5.69 Å². The minimum atomic E-state index is -4.25. The molecule has 0 atom stereocenters. The predicted molar refractivity (Wildman–Crippen MR) is 121 cm³/mol. The molecule has 1 aromatic heterocycles. The first-order valence-electron chi connectivity index (χ1n) is 9.45. The molecule has 0 aliphatic heterocycles. The maximum atomic E-state index is 13.8. The number of anilines is 1. The van der Waals surface area contributed by atoms with Gasteiger partial charge in [0.05, 0.1) is 15.3 Å². The van der Waals surface area contributed by atoms with Crippen LogP contribution < -0.4 is 9.24 Å². The summed E-state index contributed by atoms with van der Waals surface area (Å²) in [5, 5.41) is 0. The van der Waals surface area contributed by atoms with Crippen LogP contribution in [0.25, 0.3) is 10.3 Å². The van der Waals surface area contributed by atoms with Crippen LogP contribution in [0, 0.1) is 20.8 Å². The van der Waals surface area contributed by atoms with Gasteiger partial charge in [-0.2, -0.15) is 4.31 Å². The first-order chi connectivity index (χ1) is 14.7. The van der Waals surface area contributed by atoms with Gasteiger partial charge in [0, 0.05) is 5.56 Å². The first-order valence-corrected chi connectivity index (χ1v) is 11.7. The number of hydrogen-bond acceptors (Lipinski definition) is 6. The number of carbonyl (C=O) groups excluding carboxylic acids is 1. The molecular formula is C23H19NO5S2. The zero-order chi connectivity index (χ0) is 22.3. The number of hydrogen-bond donors (Lipinski definition) is 0. The molecule has 0 saturated heterocycles. The third-order valence-corrected chi connectivity index (χ3v) is 7.62. The molecule has 1 amide bonds. The van der Waals surface area contributed by atoms with E-state index in [4.69, 9.17) is 4.42 Å². The van der Waals surface area contributed by atoms with Crippen LogP contribution in [0.1, 0.15) is 27.0 Å². The molecule has 0 radical (unpaired) electrons. The van der Waals surface area contributed by atoms with Crippen molar-refractivity contribution in [1.29, 1.82) is 0 Å². The van der Waals surface area contributed by atoms with Crippen molar-refractivity contribution >= 4 is 43.2 Å². The second kappa shape index (κ2) is 7.79. The Morgan fingerprint density at radius 2 is 1.68 bits per heavy atom. The fourth-order valence-electron chi connectivity index (χ4n) is 3.46. The van der Waals surface area contributed by atoms with Crippen LogP contribution in [0.3, 0.4) is 0 Å². The molecule has 1 heterocycles. The number of sulfonamides is 1. The quantitative estimate of drug-likeness (QED) is 0.442. The molecular weight excluding hydrogens is 434 g/mol. The summed E-state index contributed by atoms with van der Waals surface area (Å²) < 4.78 is 33.9. The van der Waals surface area contributed by atoms with Crippen molar-refractivity contribution in [3.8, 4) is 0 Å². The average Bonchev–Trinajstić information content (AvgIpc) is 3.07. The van der Waals surface area contributed by atoms with Gasteiger partial charge in [0.1, 0.15) is 5.58 Å². The van der Waals surface area contributed by atoms with Crippen LogP contribution in [-0.2, 0) is 10.0 Å². The van der Waals surface area contributed by atoms with E-state index in [1.807, 2.05) is 6.92 Å². The summed E-state index contributed by atoms with van der Waals surface area (Å²) in [6.07, 6.45) is 0. The van der Waals surface area contributed by atoms with Gasteiger partial charge in [-0.1, -0.05) is 47.2 Å². The Bertz CT molecular complexity index is 1480. The highest BCUT2D eigenvalue weighted by Gasteiger charge is 2.34. The van der Waals surface area contributed by atoms with Crippen molar-refractivity contribution in [3.63, 3.8) is 0 Å². The summed E-state index contributed by atoms with van der Waals surface area (Å²) in [5.41, 5.74) is 2.86. The van der Waals surface area contributed by atoms with Gasteiger partial charge in [-0.05, 0) is 62.2 Å². The van der Waals surface area contributed by atoms with E-state index >= 15 is 0 Å². The maximum absolute atomic E-state index is 13.8. The van der Waals surface area contributed by atoms with Crippen molar-refractivity contribution in [2.24, 2.45) is 0 Å². The summed E-state index contributed by atoms with van der Waals surface area (Å²) in [6.45, 7) is 5.32. The minimum Gasteiger partial charge on any atom is -0.414 e. The molecule has 31 heavy (non-hydrogen) atoms. The highest BCUT2D eigenvalue weighted by atomic mass is 32.2. The third kappa shape index (κ3) is 3.80. The van der Waals surface area contributed by atoms with Gasteiger partial charge in [0.25, 0.3) is 15.9 Å². The zero-order valence-corrected chi connectivity index (χ0v) is 18.7. The van der Waals surface area contributed by atoms with E-state index in [-0.39, 0.29) is 16.1 Å². The normalized spacial score (nSPS) is 11.6. The minimum absolute atomic E-state index is 0.0421. The fourth-order valence-corrected chi connectivity index (χ4v) is 5.77. The summed E-state index contributed by atoms with van der Waals surface area (Å²) in [7, 11) is -4.25. The number of benzene rings is 3. The van der Waals surface area contributed by atoms with Crippen molar-refractivity contribution in [3.05, 3.63) is 92.7 Å². The van der Waals surface area contributed by atoms with Gasteiger partial charge in [0.2, 0.25) is 0 Å². The Labute approximate surface area is 183 Å². The molecule has 4 aromatic rings. The molecule has 0 bridgehead atoms. The van der Waals surface area contributed by atoms with Crippen molar-refractivity contribution < 1.29 is 17.6 Å². The van der Waals surface area contributed by atoms with E-state index in [0.29, 0.717) is 21.4 Å². The smallest absolute Gasteiger partial charge is 0.396 e. The summed E-state index contributed by atoms with van der Waals surface area (Å²) in [4.78, 5) is 24.7. The SMILES string of the molecule is Cc1ccc(S(=O)(=O)N(C(=O)c2ccccc2C)c2ccc3oc(=O)sc3c2)c(C)c1. The molecule has 158 valence electrons. The first kappa shape index (κ1) is 21.0. The Balaban J connectivity index is 1.96. The zero-order valence-electron chi connectivity index (χ0n) is 17.1. The fraction of sp³-hybridized carbons (Fsp3) is 0.130. The van der Waals surface area contributed by atoms with Gasteiger partial charge < -0.3 is 4.42 Å². The lowest BCUT2D eigenvalue weighted by molar-refractivity contribution is 0.100. The molecule has 0 aliphatic rings. The summed E-state index contributed by atoms with van der Waals surface area (Å²) in [5.74, 6) is -0.673. The lowest BCUT2D eigenvalue weighted by atomic mass is 10.1. The van der Waals surface area contributed by atoms with Crippen LogP contribution >= 0.6 is 11.3 Å². The molecule has 0 fully saturated rings. The van der Waals surface area contributed by atoms with E-state index in [0.717, 1.165) is 21.2 Å². The Hall–Kier alpha value is -3.23. The standard InChI is InChI=1S/C23H19NO5S2/c1-14-8-11-21(16(3)12-14)31(27,28)24(22(25)18-7-5-4-6-15(18)2)17-9-10-19-20(13-17)30-23(26)29-19/h4-13H,1-3H3. The number of rotatable bonds is 4. The van der Waals surface area contributed by atoms with Crippen molar-refractivity contribution in [1.82, 2.24) is 0 Å². The van der Waals surface area contributed by atoms with E-state index in [1.165, 1.54) is 24.3 Å². The van der Waals surface area contributed by atoms with E-state index < -0.39 is 20.9 Å². The molecule has 0 saturated carbocycles. The van der Waals surface area contributed by atoms with Gasteiger partial charge in [-0.25, -0.2) is 13.2 Å².